The number of carbonyl (C=O) groups excluding carboxylic acids is 2. The molecule has 0 aromatic heterocycles. The maximum absolute atomic E-state index is 13.5. The molecule has 2 aliphatic heterocycles. The number of ether oxygens (including phenoxy) is 1. The van der Waals surface area contributed by atoms with Crippen LogP contribution in [-0.2, 0) is 22.7 Å². The van der Waals surface area contributed by atoms with Crippen molar-refractivity contribution in [3.63, 3.8) is 0 Å². The quantitative estimate of drug-likeness (QED) is 0.636. The molecular formula is C30H39N3O3. The highest BCUT2D eigenvalue weighted by Gasteiger charge is 2.32. The third-order valence-electron chi connectivity index (χ3n) is 7.16. The zero-order valence-corrected chi connectivity index (χ0v) is 21.8. The molecule has 2 aliphatic rings. The topological polar surface area (TPSA) is 61.9 Å². The molecule has 36 heavy (non-hydrogen) atoms. The van der Waals surface area contributed by atoms with E-state index in [9.17, 15) is 9.59 Å². The maximum Gasteiger partial charge on any atom is 0.236 e. The summed E-state index contributed by atoms with van der Waals surface area (Å²) in [6, 6.07) is 16.6. The summed E-state index contributed by atoms with van der Waals surface area (Å²) in [5.41, 5.74) is 3.53. The highest BCUT2D eigenvalue weighted by Crippen LogP contribution is 2.29. The highest BCUT2D eigenvalue weighted by atomic mass is 16.5. The van der Waals surface area contributed by atoms with Crippen molar-refractivity contribution in [2.45, 2.75) is 52.7 Å². The van der Waals surface area contributed by atoms with Crippen molar-refractivity contribution in [1.29, 1.82) is 0 Å². The number of nitrogens with one attached hydrogen (secondary N) is 1. The molecule has 0 radical (unpaired) electrons. The molecule has 6 heteroatoms. The lowest BCUT2D eigenvalue weighted by molar-refractivity contribution is -0.135. The van der Waals surface area contributed by atoms with Gasteiger partial charge in [-0.1, -0.05) is 54.6 Å². The molecule has 1 saturated heterocycles. The molecule has 1 fully saturated rings. The molecule has 6 nitrogen and oxygen atoms in total. The van der Waals surface area contributed by atoms with E-state index in [-0.39, 0.29) is 29.7 Å². The first-order valence-electron chi connectivity index (χ1n) is 13.1. The summed E-state index contributed by atoms with van der Waals surface area (Å²) in [5.74, 6) is 1.42. The van der Waals surface area contributed by atoms with Crippen molar-refractivity contribution in [1.82, 2.24) is 15.1 Å². The van der Waals surface area contributed by atoms with Crippen LogP contribution in [0.2, 0.25) is 0 Å². The van der Waals surface area contributed by atoms with E-state index in [2.05, 4.69) is 47.5 Å². The molecule has 0 spiro atoms. The van der Waals surface area contributed by atoms with Crippen LogP contribution < -0.4 is 10.1 Å². The maximum atomic E-state index is 13.5. The van der Waals surface area contributed by atoms with E-state index >= 15 is 0 Å². The number of para-hydroxylation sites is 1. The zero-order chi connectivity index (χ0) is 25.5. The Morgan fingerprint density at radius 1 is 1.11 bits per heavy atom. The minimum absolute atomic E-state index is 0.0840. The minimum atomic E-state index is 0.0840. The van der Waals surface area contributed by atoms with E-state index in [1.54, 1.807) is 0 Å². The van der Waals surface area contributed by atoms with Gasteiger partial charge in [0.15, 0.2) is 0 Å². The number of nitrogens with zero attached hydrogens (tertiary/aromatic N) is 2. The van der Waals surface area contributed by atoms with Gasteiger partial charge < -0.3 is 15.0 Å². The van der Waals surface area contributed by atoms with Gasteiger partial charge in [-0.05, 0) is 56.2 Å². The lowest BCUT2D eigenvalue weighted by Crippen LogP contribution is -2.48. The second-order valence-corrected chi connectivity index (χ2v) is 10.4. The largest absolute Gasteiger partial charge is 0.489 e. The Balaban J connectivity index is 1.57. The fraction of sp³-hybridized carbons (Fsp3) is 0.467. The number of fused-ring (bicyclic) bond motifs is 3. The predicted octanol–water partition coefficient (Wildman–Crippen LogP) is 4.33. The van der Waals surface area contributed by atoms with E-state index in [1.165, 1.54) is 11.1 Å². The Kier molecular flexibility index (Phi) is 8.81. The summed E-state index contributed by atoms with van der Waals surface area (Å²) in [5, 5.41) is 3.02. The van der Waals surface area contributed by atoms with Gasteiger partial charge in [-0.25, -0.2) is 0 Å². The lowest BCUT2D eigenvalue weighted by Gasteiger charge is -2.38. The van der Waals surface area contributed by atoms with Crippen molar-refractivity contribution in [3.05, 3.63) is 77.4 Å². The Labute approximate surface area is 215 Å². The molecule has 0 aliphatic carbocycles. The molecule has 0 unspecified atom stereocenters. The van der Waals surface area contributed by atoms with Crippen LogP contribution in [0.15, 0.2) is 60.7 Å². The molecule has 2 amide bonds. The average molecular weight is 490 g/mol. The fourth-order valence-electron chi connectivity index (χ4n) is 5.22. The van der Waals surface area contributed by atoms with Crippen molar-refractivity contribution >= 4 is 11.8 Å². The molecule has 2 aromatic rings. The van der Waals surface area contributed by atoms with E-state index in [1.807, 2.05) is 49.1 Å². The number of benzene rings is 2. The Bertz CT molecular complexity index is 1080. The van der Waals surface area contributed by atoms with Crippen LogP contribution in [-0.4, -0.2) is 53.9 Å². The minimum Gasteiger partial charge on any atom is -0.489 e. The normalized spacial score (nSPS) is 21.1. The van der Waals surface area contributed by atoms with Crippen molar-refractivity contribution in [2.75, 3.05) is 26.2 Å². The van der Waals surface area contributed by atoms with Crippen LogP contribution in [0.3, 0.4) is 0 Å². The van der Waals surface area contributed by atoms with Crippen molar-refractivity contribution < 1.29 is 14.3 Å². The summed E-state index contributed by atoms with van der Waals surface area (Å²) in [4.78, 5) is 30.3. The summed E-state index contributed by atoms with van der Waals surface area (Å²) in [6.07, 6.45) is 5.51. The summed E-state index contributed by atoms with van der Waals surface area (Å²) < 4.78 is 6.17. The summed E-state index contributed by atoms with van der Waals surface area (Å²) in [6.45, 7) is 9.54. The van der Waals surface area contributed by atoms with Gasteiger partial charge in [0, 0.05) is 44.2 Å². The number of rotatable bonds is 5. The first-order chi connectivity index (χ1) is 17.4. The Morgan fingerprint density at radius 3 is 2.69 bits per heavy atom. The number of hydrogen-bond acceptors (Lipinski definition) is 4. The van der Waals surface area contributed by atoms with Gasteiger partial charge in [0.05, 0.1) is 6.54 Å². The number of hydrogen-bond donors (Lipinski definition) is 1. The van der Waals surface area contributed by atoms with Crippen molar-refractivity contribution in [3.8, 4) is 5.75 Å². The Morgan fingerprint density at radius 2 is 1.89 bits per heavy atom. The lowest BCUT2D eigenvalue weighted by atomic mass is 9.82. The van der Waals surface area contributed by atoms with Crippen molar-refractivity contribution in [2.24, 2.45) is 11.8 Å². The number of piperidine rings is 1. The monoisotopic (exact) mass is 489 g/mol. The standard InChI is InChI=1S/C30H39N3O3/c1-22(2)31-29(34)17-24-14-15-33-20-26(24)12-8-16-36-28-13-7-6-11-27(28)19-32(21-30(33)35)18-25-10-5-4-9-23(25)3/h4-13,22,24,26H,14-21H2,1-3H3,(H,31,34)/t24-,26-/m0/s1. The van der Waals surface area contributed by atoms with Crippen LogP contribution in [0.1, 0.15) is 43.4 Å². The predicted molar refractivity (Wildman–Crippen MR) is 142 cm³/mol. The van der Waals surface area contributed by atoms with Crippen LogP contribution in [0.25, 0.3) is 0 Å². The third kappa shape index (κ3) is 6.97. The molecule has 2 atom stereocenters. The van der Waals surface area contributed by atoms with Crippen LogP contribution in [0, 0.1) is 18.8 Å². The zero-order valence-electron chi connectivity index (χ0n) is 21.8. The van der Waals surface area contributed by atoms with Gasteiger partial charge >= 0.3 is 0 Å². The van der Waals surface area contributed by atoms with Gasteiger partial charge in [-0.15, -0.1) is 0 Å². The fourth-order valence-corrected chi connectivity index (χ4v) is 5.22. The first kappa shape index (κ1) is 26.0. The van der Waals surface area contributed by atoms with E-state index in [4.69, 9.17) is 4.74 Å². The van der Waals surface area contributed by atoms with Crippen LogP contribution in [0.4, 0.5) is 0 Å². The highest BCUT2D eigenvalue weighted by molar-refractivity contribution is 5.79. The third-order valence-corrected chi connectivity index (χ3v) is 7.16. The number of aryl methyl sites for hydroxylation is 1. The molecule has 192 valence electrons. The molecular weight excluding hydrogens is 450 g/mol. The van der Waals surface area contributed by atoms with Gasteiger partial charge in [0.25, 0.3) is 0 Å². The molecule has 2 bridgehead atoms. The van der Waals surface area contributed by atoms with E-state index in [0.717, 1.165) is 17.7 Å². The number of amides is 2. The average Bonchev–Trinajstić information content (AvgIpc) is 2.84. The van der Waals surface area contributed by atoms with E-state index < -0.39 is 0 Å². The first-order valence-corrected chi connectivity index (χ1v) is 13.1. The van der Waals surface area contributed by atoms with Gasteiger partial charge in [-0.2, -0.15) is 0 Å². The number of carbonyl (C=O) groups is 2. The second kappa shape index (κ2) is 12.2. The molecule has 2 aromatic carbocycles. The van der Waals surface area contributed by atoms with Gasteiger partial charge in [0.2, 0.25) is 11.8 Å². The SMILES string of the molecule is Cc1ccccc1CN1CC(=O)N2CC[C@@H](CC(=O)NC(C)C)[C@@H](C=CCOc3ccccc3C1)C2. The molecule has 1 N–H and O–H groups in total. The van der Waals surface area contributed by atoms with E-state index in [0.29, 0.717) is 45.8 Å². The molecule has 4 rings (SSSR count). The van der Waals surface area contributed by atoms with Gasteiger partial charge in [0.1, 0.15) is 12.4 Å². The second-order valence-electron chi connectivity index (χ2n) is 10.4. The summed E-state index contributed by atoms with van der Waals surface area (Å²) >= 11 is 0. The molecule has 2 heterocycles. The molecule has 0 saturated carbocycles. The summed E-state index contributed by atoms with van der Waals surface area (Å²) in [7, 11) is 0. The van der Waals surface area contributed by atoms with Crippen LogP contribution >= 0.6 is 0 Å². The Hall–Kier alpha value is -3.12. The van der Waals surface area contributed by atoms with Gasteiger partial charge in [-0.3, -0.25) is 14.5 Å². The smallest absolute Gasteiger partial charge is 0.236 e. The van der Waals surface area contributed by atoms with Crippen LogP contribution in [0.5, 0.6) is 5.75 Å².